The minimum Gasteiger partial charge on any atom is -0.374 e. The molecule has 2 aromatic rings. The van der Waals surface area contributed by atoms with Gasteiger partial charge in [-0.3, -0.25) is 9.36 Å². The van der Waals surface area contributed by atoms with Crippen molar-refractivity contribution in [3.63, 3.8) is 0 Å². The topological polar surface area (TPSA) is 81.8 Å². The summed E-state index contributed by atoms with van der Waals surface area (Å²) in [5.74, 6) is 0. The number of hydrogen-bond donors (Lipinski definition) is 1. The van der Waals surface area contributed by atoms with Crippen molar-refractivity contribution in [2.75, 3.05) is 11.9 Å². The van der Waals surface area contributed by atoms with E-state index in [1.54, 1.807) is 0 Å². The van der Waals surface area contributed by atoms with Crippen LogP contribution in [-0.2, 0) is 13.1 Å². The zero-order valence-electron chi connectivity index (χ0n) is 11.5. The molecule has 0 spiro atoms. The Hall–Kier alpha value is -1.96. The van der Waals surface area contributed by atoms with Crippen molar-refractivity contribution in [3.05, 3.63) is 38.8 Å². The highest BCUT2D eigenvalue weighted by Gasteiger charge is 2.11. The molecule has 0 amide bonds. The highest BCUT2D eigenvalue weighted by atomic mass is 32.1. The van der Waals surface area contributed by atoms with Crippen LogP contribution < -0.4 is 16.6 Å². The minimum atomic E-state index is -0.325. The third-order valence-corrected chi connectivity index (χ3v) is 3.61. The van der Waals surface area contributed by atoms with Gasteiger partial charge in [0, 0.05) is 36.9 Å². The zero-order chi connectivity index (χ0) is 14.5. The lowest BCUT2D eigenvalue weighted by Crippen LogP contribution is -2.39. The molecule has 0 saturated heterocycles. The second-order valence-corrected chi connectivity index (χ2v) is 5.04. The number of nitrogens with zero attached hydrogens (tertiary/aromatic N) is 4. The smallest absolute Gasteiger partial charge is 0.331 e. The summed E-state index contributed by atoms with van der Waals surface area (Å²) in [4.78, 5) is 24.0. The molecule has 2 aromatic heterocycles. The van der Waals surface area contributed by atoms with E-state index in [9.17, 15) is 9.59 Å². The van der Waals surface area contributed by atoms with Crippen LogP contribution in [0.4, 0.5) is 5.00 Å². The predicted octanol–water partition coefficient (Wildman–Crippen LogP) is 0.752. The van der Waals surface area contributed by atoms with E-state index in [0.29, 0.717) is 12.2 Å². The van der Waals surface area contributed by atoms with E-state index in [1.807, 2.05) is 6.92 Å². The molecule has 108 valence electrons. The lowest BCUT2D eigenvalue weighted by Gasteiger charge is -2.08. The molecule has 2 heterocycles. The summed E-state index contributed by atoms with van der Waals surface area (Å²) in [6, 6.07) is 1.39. The molecule has 0 radical (unpaired) electrons. The zero-order valence-corrected chi connectivity index (χ0v) is 12.3. The van der Waals surface area contributed by atoms with Gasteiger partial charge >= 0.3 is 5.69 Å². The largest absolute Gasteiger partial charge is 0.374 e. The van der Waals surface area contributed by atoms with E-state index >= 15 is 0 Å². The fraction of sp³-hybridized carbons (Fsp3) is 0.500. The van der Waals surface area contributed by atoms with Crippen molar-refractivity contribution < 1.29 is 0 Å². The van der Waals surface area contributed by atoms with Gasteiger partial charge < -0.3 is 9.88 Å². The van der Waals surface area contributed by atoms with Crippen LogP contribution in [0.25, 0.3) is 0 Å². The highest BCUT2D eigenvalue weighted by Crippen LogP contribution is 2.17. The molecule has 0 unspecified atom stereocenters. The molecule has 0 aliphatic heterocycles. The molecular weight excluding hydrogens is 278 g/mol. The van der Waals surface area contributed by atoms with Crippen molar-refractivity contribution in [1.29, 1.82) is 0 Å². The number of rotatable bonds is 6. The Labute approximate surface area is 120 Å². The standard InChI is InChI=1S/C12H17N5O2S/c1-3-6-13-11-9(14-15-20-11)8-17-10(18)5-7-16(4-2)12(17)19/h5,7,13H,3-4,6,8H2,1-2H3. The first-order chi connectivity index (χ1) is 9.67. The monoisotopic (exact) mass is 295 g/mol. The average Bonchev–Trinajstić information content (AvgIpc) is 2.88. The van der Waals surface area contributed by atoms with Crippen molar-refractivity contribution in [1.82, 2.24) is 18.7 Å². The first kappa shape index (κ1) is 14.4. The first-order valence-electron chi connectivity index (χ1n) is 6.52. The Morgan fingerprint density at radius 1 is 1.35 bits per heavy atom. The van der Waals surface area contributed by atoms with E-state index < -0.39 is 0 Å². The summed E-state index contributed by atoms with van der Waals surface area (Å²) in [6.07, 6.45) is 2.49. The van der Waals surface area contributed by atoms with Gasteiger partial charge in [0.05, 0.1) is 6.54 Å². The second kappa shape index (κ2) is 6.47. The number of aromatic nitrogens is 4. The van der Waals surface area contributed by atoms with Gasteiger partial charge in [0.15, 0.2) is 0 Å². The van der Waals surface area contributed by atoms with Gasteiger partial charge in [-0.05, 0) is 13.3 Å². The van der Waals surface area contributed by atoms with Crippen molar-refractivity contribution in [2.45, 2.75) is 33.4 Å². The van der Waals surface area contributed by atoms with Crippen LogP contribution in [0.2, 0.25) is 0 Å². The van der Waals surface area contributed by atoms with E-state index in [4.69, 9.17) is 0 Å². The lowest BCUT2D eigenvalue weighted by molar-refractivity contribution is 0.594. The normalized spacial score (nSPS) is 10.7. The molecule has 0 atom stereocenters. The SMILES string of the molecule is CCCNc1snnc1Cn1c(=O)ccn(CC)c1=O. The molecule has 0 bridgehead atoms. The molecular formula is C12H17N5O2S. The molecule has 0 aromatic carbocycles. The summed E-state index contributed by atoms with van der Waals surface area (Å²) in [5.41, 5.74) is -0.0277. The summed E-state index contributed by atoms with van der Waals surface area (Å²) in [5, 5.41) is 8.01. The summed E-state index contributed by atoms with van der Waals surface area (Å²) < 4.78 is 6.54. The van der Waals surface area contributed by atoms with Gasteiger partial charge in [0.2, 0.25) is 0 Å². The highest BCUT2D eigenvalue weighted by molar-refractivity contribution is 7.10. The summed E-state index contributed by atoms with van der Waals surface area (Å²) >= 11 is 1.23. The van der Waals surface area contributed by atoms with Gasteiger partial charge in [-0.15, -0.1) is 5.10 Å². The molecule has 1 N–H and O–H groups in total. The molecule has 20 heavy (non-hydrogen) atoms. The number of aryl methyl sites for hydroxylation is 1. The quantitative estimate of drug-likeness (QED) is 0.850. The Kier molecular flexibility index (Phi) is 4.67. The summed E-state index contributed by atoms with van der Waals surface area (Å²) in [6.45, 7) is 5.38. The van der Waals surface area contributed by atoms with Crippen LogP contribution in [0.1, 0.15) is 26.0 Å². The third kappa shape index (κ3) is 2.96. The Balaban J connectivity index is 2.33. The molecule has 0 aliphatic rings. The first-order valence-corrected chi connectivity index (χ1v) is 7.30. The molecule has 0 fully saturated rings. The number of nitrogens with one attached hydrogen (secondary N) is 1. The van der Waals surface area contributed by atoms with E-state index in [2.05, 4.69) is 21.8 Å². The van der Waals surface area contributed by atoms with Gasteiger partial charge in [-0.2, -0.15) is 0 Å². The van der Waals surface area contributed by atoms with Gasteiger partial charge in [-0.25, -0.2) is 4.79 Å². The van der Waals surface area contributed by atoms with Crippen LogP contribution in [0, 0.1) is 0 Å². The number of anilines is 1. The van der Waals surface area contributed by atoms with Crippen molar-refractivity contribution >= 4 is 16.5 Å². The fourth-order valence-corrected chi connectivity index (χ4v) is 2.38. The van der Waals surface area contributed by atoms with Gasteiger partial charge in [0.1, 0.15) is 10.7 Å². The molecule has 0 saturated carbocycles. The maximum absolute atomic E-state index is 12.1. The predicted molar refractivity (Wildman–Crippen MR) is 78.4 cm³/mol. The Morgan fingerprint density at radius 3 is 2.85 bits per heavy atom. The number of hydrogen-bond acceptors (Lipinski definition) is 6. The molecule has 8 heteroatoms. The van der Waals surface area contributed by atoms with Crippen LogP contribution in [-0.4, -0.2) is 25.3 Å². The van der Waals surface area contributed by atoms with Crippen LogP contribution in [0.15, 0.2) is 21.9 Å². The van der Waals surface area contributed by atoms with Crippen LogP contribution >= 0.6 is 11.5 Å². The average molecular weight is 295 g/mol. The van der Waals surface area contributed by atoms with Gasteiger partial charge in [0.25, 0.3) is 5.56 Å². The van der Waals surface area contributed by atoms with E-state index in [1.165, 1.54) is 32.9 Å². The molecule has 7 nitrogen and oxygen atoms in total. The Morgan fingerprint density at radius 2 is 2.15 bits per heavy atom. The maximum atomic E-state index is 12.1. The lowest BCUT2D eigenvalue weighted by atomic mass is 10.4. The van der Waals surface area contributed by atoms with Gasteiger partial charge in [-0.1, -0.05) is 11.4 Å². The van der Waals surface area contributed by atoms with Crippen molar-refractivity contribution in [3.8, 4) is 0 Å². The Bertz CT molecular complexity index is 688. The minimum absolute atomic E-state index is 0.140. The fourth-order valence-electron chi connectivity index (χ4n) is 1.78. The molecule has 0 aliphatic carbocycles. The molecule has 2 rings (SSSR count). The third-order valence-electron chi connectivity index (χ3n) is 2.88. The van der Waals surface area contributed by atoms with Crippen LogP contribution in [0.5, 0.6) is 0 Å². The van der Waals surface area contributed by atoms with E-state index in [0.717, 1.165) is 18.0 Å². The summed E-state index contributed by atoms with van der Waals surface area (Å²) in [7, 11) is 0. The second-order valence-electron chi connectivity index (χ2n) is 4.28. The van der Waals surface area contributed by atoms with Crippen LogP contribution in [0.3, 0.4) is 0 Å². The maximum Gasteiger partial charge on any atom is 0.331 e. The van der Waals surface area contributed by atoms with Crippen molar-refractivity contribution in [2.24, 2.45) is 0 Å². The van der Waals surface area contributed by atoms with E-state index in [-0.39, 0.29) is 17.8 Å².